The highest BCUT2D eigenvalue weighted by molar-refractivity contribution is 9.10. The summed E-state index contributed by atoms with van der Waals surface area (Å²) in [5.74, 6) is 0.357. The summed E-state index contributed by atoms with van der Waals surface area (Å²) < 4.78 is 2.88. The van der Waals surface area contributed by atoms with E-state index in [1.165, 1.54) is 5.56 Å². The third-order valence-electron chi connectivity index (χ3n) is 3.52. The van der Waals surface area contributed by atoms with E-state index in [1.807, 2.05) is 27.1 Å². The zero-order valence-electron chi connectivity index (χ0n) is 12.0. The van der Waals surface area contributed by atoms with E-state index in [2.05, 4.69) is 44.5 Å². The number of nitrogens with zero attached hydrogens (tertiary/aromatic N) is 2. The molecule has 5 heteroatoms. The second-order valence-corrected chi connectivity index (χ2v) is 6.17. The fraction of sp³-hybridized carbons (Fsp3) is 0.400. The molecule has 0 saturated heterocycles. The van der Waals surface area contributed by atoms with E-state index in [-0.39, 0.29) is 0 Å². The van der Waals surface area contributed by atoms with Gasteiger partial charge in [0.2, 0.25) is 0 Å². The molecule has 1 unspecified atom stereocenters. The molecule has 1 atom stereocenters. The van der Waals surface area contributed by atoms with E-state index in [4.69, 9.17) is 11.6 Å². The first kappa shape index (κ1) is 15.5. The Morgan fingerprint density at radius 2 is 2.10 bits per heavy atom. The van der Waals surface area contributed by atoms with E-state index in [9.17, 15) is 0 Å². The van der Waals surface area contributed by atoms with Crippen LogP contribution in [0.5, 0.6) is 0 Å². The van der Waals surface area contributed by atoms with Crippen LogP contribution in [0.2, 0.25) is 5.15 Å². The number of hydrogen-bond donors (Lipinski definition) is 1. The first-order valence-electron chi connectivity index (χ1n) is 6.61. The van der Waals surface area contributed by atoms with Gasteiger partial charge in [0.15, 0.2) is 0 Å². The summed E-state index contributed by atoms with van der Waals surface area (Å²) in [4.78, 5) is 0. The summed E-state index contributed by atoms with van der Waals surface area (Å²) in [5, 5.41) is 8.39. The number of rotatable bonds is 5. The maximum Gasteiger partial charge on any atom is 0.130 e. The minimum absolute atomic E-state index is 0.357. The predicted molar refractivity (Wildman–Crippen MR) is 87.5 cm³/mol. The van der Waals surface area contributed by atoms with E-state index in [0.29, 0.717) is 5.92 Å². The van der Waals surface area contributed by atoms with Crippen LogP contribution in [0.3, 0.4) is 0 Å². The lowest BCUT2D eigenvalue weighted by Gasteiger charge is -2.18. The molecule has 3 nitrogen and oxygen atoms in total. The van der Waals surface area contributed by atoms with Crippen molar-refractivity contribution >= 4 is 27.5 Å². The monoisotopic (exact) mass is 355 g/mol. The van der Waals surface area contributed by atoms with Gasteiger partial charge in [-0.15, -0.1) is 0 Å². The Labute approximate surface area is 133 Å². The lowest BCUT2D eigenvalue weighted by Crippen LogP contribution is -2.19. The molecule has 2 rings (SSSR count). The van der Waals surface area contributed by atoms with Gasteiger partial charge in [-0.05, 0) is 32.0 Å². The number of aromatic nitrogens is 2. The van der Waals surface area contributed by atoms with E-state index < -0.39 is 0 Å². The molecule has 1 N–H and O–H groups in total. The minimum atomic E-state index is 0.357. The summed E-state index contributed by atoms with van der Waals surface area (Å²) in [6, 6.07) is 8.34. The highest BCUT2D eigenvalue weighted by atomic mass is 79.9. The van der Waals surface area contributed by atoms with Gasteiger partial charge in [-0.3, -0.25) is 4.68 Å². The molecule has 1 aromatic heterocycles. The van der Waals surface area contributed by atoms with Crippen molar-refractivity contribution in [3.63, 3.8) is 0 Å². The van der Waals surface area contributed by atoms with Gasteiger partial charge in [0.05, 0.1) is 5.69 Å². The number of halogens is 2. The maximum atomic E-state index is 6.35. The Balaban J connectivity index is 2.33. The summed E-state index contributed by atoms with van der Waals surface area (Å²) in [6.45, 7) is 2.91. The highest BCUT2D eigenvalue weighted by Crippen LogP contribution is 2.30. The number of likely N-dealkylation sites (N-methyl/N-ethyl adjacent to an activating group) is 1. The van der Waals surface area contributed by atoms with Gasteiger partial charge >= 0.3 is 0 Å². The lowest BCUT2D eigenvalue weighted by molar-refractivity contribution is 0.622. The molecule has 1 aromatic carbocycles. The van der Waals surface area contributed by atoms with Crippen LogP contribution in [0.4, 0.5) is 0 Å². The first-order chi connectivity index (χ1) is 9.54. The SMILES string of the molecule is CNCC(Cc1c(C)nn(C)c1Cl)c1ccccc1Br. The lowest BCUT2D eigenvalue weighted by atomic mass is 9.92. The molecule has 0 saturated carbocycles. The van der Waals surface area contributed by atoms with Gasteiger partial charge in [0, 0.05) is 29.5 Å². The van der Waals surface area contributed by atoms with Gasteiger partial charge in [-0.2, -0.15) is 5.10 Å². The zero-order valence-corrected chi connectivity index (χ0v) is 14.3. The second kappa shape index (κ2) is 6.74. The zero-order chi connectivity index (χ0) is 14.7. The van der Waals surface area contributed by atoms with Gasteiger partial charge in [-0.25, -0.2) is 0 Å². The van der Waals surface area contributed by atoms with Gasteiger partial charge in [0.1, 0.15) is 5.15 Å². The highest BCUT2D eigenvalue weighted by Gasteiger charge is 2.19. The summed E-state index contributed by atoms with van der Waals surface area (Å²) in [7, 11) is 3.85. The average Bonchev–Trinajstić information content (AvgIpc) is 2.65. The Morgan fingerprint density at radius 1 is 1.40 bits per heavy atom. The summed E-state index contributed by atoms with van der Waals surface area (Å²) in [5.41, 5.74) is 3.43. The van der Waals surface area contributed by atoms with Crippen molar-refractivity contribution < 1.29 is 0 Å². The number of hydrogen-bond acceptors (Lipinski definition) is 2. The van der Waals surface area contributed by atoms with Crippen molar-refractivity contribution in [1.29, 1.82) is 0 Å². The molecule has 108 valence electrons. The average molecular weight is 357 g/mol. The Morgan fingerprint density at radius 3 is 2.65 bits per heavy atom. The number of benzene rings is 1. The standard InChI is InChI=1S/C15H19BrClN3/c1-10-13(15(17)20(3)19-10)8-11(9-18-2)12-6-4-5-7-14(12)16/h4-7,11,18H,8-9H2,1-3H3. The molecule has 0 radical (unpaired) electrons. The molecule has 0 aliphatic rings. The fourth-order valence-electron chi connectivity index (χ4n) is 2.50. The van der Waals surface area contributed by atoms with Crippen LogP contribution in [-0.2, 0) is 13.5 Å². The Bertz CT molecular complexity index is 595. The van der Waals surface area contributed by atoms with Gasteiger partial charge in [-0.1, -0.05) is 45.7 Å². The fourth-order valence-corrected chi connectivity index (χ4v) is 3.36. The molecular formula is C15H19BrClN3. The van der Waals surface area contributed by atoms with Crippen molar-refractivity contribution in [2.45, 2.75) is 19.3 Å². The molecule has 1 heterocycles. The van der Waals surface area contributed by atoms with Crippen molar-refractivity contribution in [3.8, 4) is 0 Å². The molecule has 0 spiro atoms. The quantitative estimate of drug-likeness (QED) is 0.885. The topological polar surface area (TPSA) is 29.9 Å². The van der Waals surface area contributed by atoms with Crippen LogP contribution in [0.15, 0.2) is 28.7 Å². The Kier molecular flexibility index (Phi) is 5.24. The molecule has 0 fully saturated rings. The molecule has 2 aromatic rings. The molecule has 0 amide bonds. The van der Waals surface area contributed by atoms with Crippen molar-refractivity contribution in [1.82, 2.24) is 15.1 Å². The second-order valence-electron chi connectivity index (χ2n) is 4.96. The summed E-state index contributed by atoms with van der Waals surface area (Å²) in [6.07, 6.45) is 0.877. The van der Waals surface area contributed by atoms with Crippen LogP contribution in [0, 0.1) is 6.92 Å². The smallest absolute Gasteiger partial charge is 0.130 e. The largest absolute Gasteiger partial charge is 0.319 e. The normalized spacial score (nSPS) is 12.7. The van der Waals surface area contributed by atoms with E-state index >= 15 is 0 Å². The van der Waals surface area contributed by atoms with Crippen LogP contribution >= 0.6 is 27.5 Å². The van der Waals surface area contributed by atoms with Crippen molar-refractivity contribution in [2.24, 2.45) is 7.05 Å². The van der Waals surface area contributed by atoms with Crippen molar-refractivity contribution in [3.05, 3.63) is 50.7 Å². The third kappa shape index (κ3) is 3.25. The predicted octanol–water partition coefficient (Wildman–Crippen LogP) is 3.69. The van der Waals surface area contributed by atoms with E-state index in [1.54, 1.807) is 4.68 Å². The Hall–Kier alpha value is -0.840. The van der Waals surface area contributed by atoms with Gasteiger partial charge in [0.25, 0.3) is 0 Å². The van der Waals surface area contributed by atoms with Crippen LogP contribution < -0.4 is 5.32 Å². The van der Waals surface area contributed by atoms with E-state index in [0.717, 1.165) is 33.8 Å². The molecule has 0 aliphatic heterocycles. The van der Waals surface area contributed by atoms with Crippen LogP contribution in [0.25, 0.3) is 0 Å². The number of aryl methyl sites for hydroxylation is 2. The summed E-state index contributed by atoms with van der Waals surface area (Å²) >= 11 is 9.99. The van der Waals surface area contributed by atoms with Gasteiger partial charge < -0.3 is 5.32 Å². The molecule has 0 aliphatic carbocycles. The molecular weight excluding hydrogens is 338 g/mol. The molecule has 0 bridgehead atoms. The first-order valence-corrected chi connectivity index (χ1v) is 7.78. The third-order valence-corrected chi connectivity index (χ3v) is 4.71. The minimum Gasteiger partial charge on any atom is -0.319 e. The van der Waals surface area contributed by atoms with Crippen LogP contribution in [-0.4, -0.2) is 23.4 Å². The van der Waals surface area contributed by atoms with Crippen LogP contribution in [0.1, 0.15) is 22.7 Å². The molecule has 20 heavy (non-hydrogen) atoms. The maximum absolute atomic E-state index is 6.35. The number of nitrogens with one attached hydrogen (secondary N) is 1. The van der Waals surface area contributed by atoms with Crippen molar-refractivity contribution in [2.75, 3.05) is 13.6 Å².